The lowest BCUT2D eigenvalue weighted by molar-refractivity contribution is 0.202. The largest absolute Gasteiger partial charge is 0.405 e. The number of amides is 2. The lowest BCUT2D eigenvalue weighted by Crippen LogP contribution is -2.44. The number of hydrogen-bond acceptors (Lipinski definition) is 4. The molecular formula is C16H25N5O. The normalized spacial score (nSPS) is 26.7. The molecule has 2 unspecified atom stereocenters. The number of carbonyl (C=O) groups is 1. The zero-order valence-electron chi connectivity index (χ0n) is 13.1. The van der Waals surface area contributed by atoms with Gasteiger partial charge in [0.2, 0.25) is 0 Å². The van der Waals surface area contributed by atoms with Crippen molar-refractivity contribution in [3.05, 3.63) is 24.4 Å². The van der Waals surface area contributed by atoms with Gasteiger partial charge in [0.25, 0.3) is 0 Å². The van der Waals surface area contributed by atoms with E-state index in [1.54, 1.807) is 4.90 Å². The number of hydrogen-bond donors (Lipinski definition) is 2. The fourth-order valence-electron chi connectivity index (χ4n) is 3.10. The van der Waals surface area contributed by atoms with Crippen molar-refractivity contribution >= 4 is 6.03 Å². The van der Waals surface area contributed by atoms with Gasteiger partial charge in [0, 0.05) is 26.2 Å². The summed E-state index contributed by atoms with van der Waals surface area (Å²) in [4.78, 5) is 15.9. The summed E-state index contributed by atoms with van der Waals surface area (Å²) >= 11 is 0. The Labute approximate surface area is 132 Å². The van der Waals surface area contributed by atoms with Gasteiger partial charge >= 0.3 is 6.03 Å². The van der Waals surface area contributed by atoms with Gasteiger partial charge < -0.3 is 20.9 Å². The standard InChI is InChI=1S/C16H25N5O/c1-13(4-2-3-7-17)14-5-9-21(10-14)16(22)19-15-6-8-20(11-15)12-18/h2-4,7,13-15H,5-6,8-11,17H2,1H3,(H,19,22)/b4-2-,7-3-/t13?,14?,15-/m1/s1. The minimum Gasteiger partial charge on any atom is -0.405 e. The zero-order valence-corrected chi connectivity index (χ0v) is 13.1. The van der Waals surface area contributed by atoms with Gasteiger partial charge in [-0.05, 0) is 37.0 Å². The monoisotopic (exact) mass is 303 g/mol. The molecule has 6 nitrogen and oxygen atoms in total. The number of urea groups is 1. The first-order valence-electron chi connectivity index (χ1n) is 7.89. The molecule has 2 aliphatic rings. The number of nitriles is 1. The summed E-state index contributed by atoms with van der Waals surface area (Å²) in [6.07, 6.45) is 11.4. The Balaban J connectivity index is 1.78. The van der Waals surface area contributed by atoms with E-state index in [1.807, 2.05) is 17.1 Å². The summed E-state index contributed by atoms with van der Waals surface area (Å²) in [7, 11) is 0. The number of likely N-dealkylation sites (tertiary alicyclic amines) is 2. The number of nitrogens with two attached hydrogens (primary N) is 1. The Hall–Kier alpha value is -2.16. The molecule has 2 rings (SSSR count). The van der Waals surface area contributed by atoms with E-state index >= 15 is 0 Å². The minimum atomic E-state index is 0.00493. The highest BCUT2D eigenvalue weighted by Gasteiger charge is 2.31. The molecule has 2 amide bonds. The van der Waals surface area contributed by atoms with E-state index in [2.05, 4.69) is 24.5 Å². The number of carbonyl (C=O) groups excluding carboxylic acids is 1. The molecule has 3 N–H and O–H groups in total. The Bertz CT molecular complexity index is 481. The number of allylic oxidation sites excluding steroid dienone is 3. The summed E-state index contributed by atoms with van der Waals surface area (Å²) in [5, 5.41) is 11.9. The van der Waals surface area contributed by atoms with Gasteiger partial charge in [-0.15, -0.1) is 0 Å². The highest BCUT2D eigenvalue weighted by Crippen LogP contribution is 2.25. The van der Waals surface area contributed by atoms with Crippen LogP contribution < -0.4 is 11.1 Å². The molecule has 2 saturated heterocycles. The van der Waals surface area contributed by atoms with Crippen LogP contribution in [0, 0.1) is 23.3 Å². The third kappa shape index (κ3) is 4.17. The van der Waals surface area contributed by atoms with E-state index in [4.69, 9.17) is 11.0 Å². The molecule has 0 aliphatic carbocycles. The highest BCUT2D eigenvalue weighted by atomic mass is 16.2. The lowest BCUT2D eigenvalue weighted by atomic mass is 9.93. The van der Waals surface area contributed by atoms with Crippen LogP contribution in [0.25, 0.3) is 0 Å². The fraction of sp³-hybridized carbons (Fsp3) is 0.625. The van der Waals surface area contributed by atoms with Crippen LogP contribution in [0.5, 0.6) is 0 Å². The summed E-state index contributed by atoms with van der Waals surface area (Å²) in [6.45, 7) is 5.13. The molecule has 0 saturated carbocycles. The third-order valence-corrected chi connectivity index (χ3v) is 4.55. The highest BCUT2D eigenvalue weighted by molar-refractivity contribution is 5.74. The van der Waals surface area contributed by atoms with Gasteiger partial charge in [-0.1, -0.05) is 19.1 Å². The van der Waals surface area contributed by atoms with Gasteiger partial charge in [-0.2, -0.15) is 5.26 Å². The molecule has 22 heavy (non-hydrogen) atoms. The molecule has 0 radical (unpaired) electrons. The molecule has 0 aromatic carbocycles. The molecular weight excluding hydrogens is 278 g/mol. The van der Waals surface area contributed by atoms with Crippen molar-refractivity contribution in [2.24, 2.45) is 17.6 Å². The first kappa shape index (κ1) is 16.2. The van der Waals surface area contributed by atoms with Crippen molar-refractivity contribution in [3.63, 3.8) is 0 Å². The van der Waals surface area contributed by atoms with Crippen molar-refractivity contribution in [2.45, 2.75) is 25.8 Å². The molecule has 120 valence electrons. The van der Waals surface area contributed by atoms with Crippen LogP contribution in [-0.2, 0) is 0 Å². The average Bonchev–Trinajstić information content (AvgIpc) is 3.16. The van der Waals surface area contributed by atoms with Crippen molar-refractivity contribution in [1.29, 1.82) is 5.26 Å². The zero-order chi connectivity index (χ0) is 15.9. The van der Waals surface area contributed by atoms with Crippen molar-refractivity contribution in [3.8, 4) is 6.19 Å². The first-order chi connectivity index (χ1) is 10.6. The van der Waals surface area contributed by atoms with Crippen LogP contribution in [0.4, 0.5) is 4.79 Å². The molecule has 3 atom stereocenters. The molecule has 0 spiro atoms. The van der Waals surface area contributed by atoms with Crippen LogP contribution >= 0.6 is 0 Å². The van der Waals surface area contributed by atoms with E-state index in [1.165, 1.54) is 6.20 Å². The summed E-state index contributed by atoms with van der Waals surface area (Å²) < 4.78 is 0. The van der Waals surface area contributed by atoms with Crippen LogP contribution in [0.2, 0.25) is 0 Å². The molecule has 2 fully saturated rings. The Morgan fingerprint density at radius 1 is 1.36 bits per heavy atom. The number of rotatable bonds is 4. The predicted molar refractivity (Wildman–Crippen MR) is 85.4 cm³/mol. The summed E-state index contributed by atoms with van der Waals surface area (Å²) in [5.41, 5.74) is 5.31. The van der Waals surface area contributed by atoms with Crippen molar-refractivity contribution in [2.75, 3.05) is 26.2 Å². The molecule has 2 heterocycles. The van der Waals surface area contributed by atoms with Crippen LogP contribution in [0.1, 0.15) is 19.8 Å². The van der Waals surface area contributed by atoms with Gasteiger partial charge in [0.15, 0.2) is 6.19 Å². The molecule has 0 aromatic heterocycles. The molecule has 2 aliphatic heterocycles. The second kappa shape index (κ2) is 7.74. The van der Waals surface area contributed by atoms with Crippen LogP contribution in [0.3, 0.4) is 0 Å². The van der Waals surface area contributed by atoms with E-state index in [9.17, 15) is 4.79 Å². The molecule has 6 heteroatoms. The quantitative estimate of drug-likeness (QED) is 0.604. The first-order valence-corrected chi connectivity index (χ1v) is 7.89. The minimum absolute atomic E-state index is 0.00493. The number of nitrogens with zero attached hydrogens (tertiary/aromatic N) is 3. The van der Waals surface area contributed by atoms with Crippen LogP contribution in [0.15, 0.2) is 24.4 Å². The van der Waals surface area contributed by atoms with Gasteiger partial charge in [0.1, 0.15) is 0 Å². The van der Waals surface area contributed by atoms with E-state index in [0.29, 0.717) is 18.4 Å². The van der Waals surface area contributed by atoms with Gasteiger partial charge in [0.05, 0.1) is 6.04 Å². The van der Waals surface area contributed by atoms with Crippen LogP contribution in [-0.4, -0.2) is 48.1 Å². The topological polar surface area (TPSA) is 85.4 Å². The van der Waals surface area contributed by atoms with E-state index in [-0.39, 0.29) is 12.1 Å². The maximum atomic E-state index is 12.3. The third-order valence-electron chi connectivity index (χ3n) is 4.55. The average molecular weight is 303 g/mol. The van der Waals surface area contributed by atoms with Crippen molar-refractivity contribution < 1.29 is 4.79 Å². The van der Waals surface area contributed by atoms with Gasteiger partial charge in [-0.25, -0.2) is 4.79 Å². The molecule has 0 bridgehead atoms. The van der Waals surface area contributed by atoms with E-state index < -0.39 is 0 Å². The second-order valence-electron chi connectivity index (χ2n) is 6.10. The molecule has 0 aromatic rings. The maximum Gasteiger partial charge on any atom is 0.317 e. The second-order valence-corrected chi connectivity index (χ2v) is 6.10. The van der Waals surface area contributed by atoms with E-state index in [0.717, 1.165) is 32.5 Å². The fourth-order valence-corrected chi connectivity index (χ4v) is 3.10. The smallest absolute Gasteiger partial charge is 0.317 e. The Kier molecular flexibility index (Phi) is 5.70. The Morgan fingerprint density at radius 3 is 2.86 bits per heavy atom. The summed E-state index contributed by atoms with van der Waals surface area (Å²) in [6, 6.07) is 0.100. The Morgan fingerprint density at radius 2 is 2.18 bits per heavy atom. The van der Waals surface area contributed by atoms with Gasteiger partial charge in [-0.3, -0.25) is 0 Å². The van der Waals surface area contributed by atoms with Crippen molar-refractivity contribution in [1.82, 2.24) is 15.1 Å². The lowest BCUT2D eigenvalue weighted by Gasteiger charge is -2.21. The number of nitrogens with one attached hydrogen (secondary N) is 1. The SMILES string of the molecule is CC(/C=C\C=C/N)C1CCN(C(=O)N[C@@H]2CCN(C#N)C2)C1. The summed E-state index contributed by atoms with van der Waals surface area (Å²) in [5.74, 6) is 0.918. The maximum absolute atomic E-state index is 12.3. The predicted octanol–water partition coefficient (Wildman–Crippen LogP) is 1.24.